The fourth-order valence-electron chi connectivity index (χ4n) is 3.80. The van der Waals surface area contributed by atoms with Gasteiger partial charge >= 0.3 is 5.97 Å². The van der Waals surface area contributed by atoms with Crippen LogP contribution in [-0.2, 0) is 28.9 Å². The number of hydrogen-bond donors (Lipinski definition) is 1. The molecule has 2 aromatic carbocycles. The molecule has 4 nitrogen and oxygen atoms in total. The van der Waals surface area contributed by atoms with Gasteiger partial charge in [0.2, 0.25) is 0 Å². The molecule has 1 aromatic heterocycles. The van der Waals surface area contributed by atoms with Gasteiger partial charge in [0.1, 0.15) is 5.54 Å². The summed E-state index contributed by atoms with van der Waals surface area (Å²) in [5.41, 5.74) is 3.77. The Morgan fingerprint density at radius 2 is 1.81 bits per heavy atom. The number of esters is 1. The number of nitrogens with one attached hydrogen (secondary N) is 1. The van der Waals surface area contributed by atoms with Crippen molar-refractivity contribution in [3.05, 3.63) is 77.5 Å². The number of carbonyl (C=O) groups excluding carboxylic acids is 1. The lowest BCUT2D eigenvalue weighted by atomic mass is 9.95. The predicted octanol–water partition coefficient (Wildman–Crippen LogP) is 3.43. The minimum absolute atomic E-state index is 0.176. The fraction of sp³-hybridized carbons (Fsp3) is 0.273. The van der Waals surface area contributed by atoms with Crippen LogP contribution in [0.25, 0.3) is 10.9 Å². The SMILES string of the molecule is CCOC(=O)C1(NCc2cccc3cccnc23)Cc2ccccc2C1. The third-order valence-electron chi connectivity index (χ3n) is 5.10. The molecule has 26 heavy (non-hydrogen) atoms. The van der Waals surface area contributed by atoms with E-state index in [9.17, 15) is 4.79 Å². The van der Waals surface area contributed by atoms with E-state index < -0.39 is 5.54 Å². The van der Waals surface area contributed by atoms with Gasteiger partial charge in [0.25, 0.3) is 0 Å². The number of pyridine rings is 1. The van der Waals surface area contributed by atoms with Gasteiger partial charge in [0.05, 0.1) is 12.1 Å². The lowest BCUT2D eigenvalue weighted by Gasteiger charge is -2.28. The second-order valence-electron chi connectivity index (χ2n) is 6.77. The number of fused-ring (bicyclic) bond motifs is 2. The van der Waals surface area contributed by atoms with E-state index in [-0.39, 0.29) is 5.97 Å². The van der Waals surface area contributed by atoms with Crippen molar-refractivity contribution < 1.29 is 9.53 Å². The van der Waals surface area contributed by atoms with E-state index in [0.717, 1.165) is 16.5 Å². The highest BCUT2D eigenvalue weighted by atomic mass is 16.5. The molecular formula is C22H22N2O2. The molecule has 0 aliphatic heterocycles. The Bertz CT molecular complexity index is 921. The lowest BCUT2D eigenvalue weighted by Crippen LogP contribution is -2.53. The van der Waals surface area contributed by atoms with Crippen LogP contribution >= 0.6 is 0 Å². The van der Waals surface area contributed by atoms with E-state index in [0.29, 0.717) is 26.0 Å². The zero-order chi connectivity index (χ0) is 18.0. The molecule has 3 aromatic rings. The molecule has 132 valence electrons. The first kappa shape index (κ1) is 16.7. The largest absolute Gasteiger partial charge is 0.465 e. The van der Waals surface area contributed by atoms with Crippen molar-refractivity contribution in [2.24, 2.45) is 0 Å². The van der Waals surface area contributed by atoms with Gasteiger partial charge < -0.3 is 4.74 Å². The van der Waals surface area contributed by atoms with Crippen LogP contribution in [0.2, 0.25) is 0 Å². The third kappa shape index (κ3) is 2.97. The number of ether oxygens (including phenoxy) is 1. The van der Waals surface area contributed by atoms with E-state index in [1.165, 1.54) is 11.1 Å². The molecule has 1 aliphatic carbocycles. The molecule has 0 amide bonds. The maximum atomic E-state index is 12.8. The monoisotopic (exact) mass is 346 g/mol. The van der Waals surface area contributed by atoms with Crippen LogP contribution in [0.5, 0.6) is 0 Å². The fourth-order valence-corrected chi connectivity index (χ4v) is 3.80. The van der Waals surface area contributed by atoms with Crippen LogP contribution in [0.1, 0.15) is 23.6 Å². The van der Waals surface area contributed by atoms with E-state index >= 15 is 0 Å². The standard InChI is InChI=1S/C22H22N2O2/c1-2-26-21(25)22(13-17-7-3-4-8-18(17)14-22)24-15-19-10-5-9-16-11-6-12-23-20(16)19/h3-12,24H,2,13-15H2,1H3. The summed E-state index contributed by atoms with van der Waals surface area (Å²) in [6.45, 7) is 2.80. The van der Waals surface area contributed by atoms with Gasteiger partial charge in [-0.3, -0.25) is 15.1 Å². The molecule has 0 unspecified atom stereocenters. The maximum Gasteiger partial charge on any atom is 0.327 e. The van der Waals surface area contributed by atoms with Crippen molar-refractivity contribution in [3.63, 3.8) is 0 Å². The number of aromatic nitrogens is 1. The van der Waals surface area contributed by atoms with Crippen LogP contribution < -0.4 is 5.32 Å². The zero-order valence-corrected chi connectivity index (χ0v) is 14.9. The average molecular weight is 346 g/mol. The Morgan fingerprint density at radius 1 is 1.08 bits per heavy atom. The molecule has 4 rings (SSSR count). The molecule has 0 saturated heterocycles. The molecule has 0 bridgehead atoms. The minimum Gasteiger partial charge on any atom is -0.465 e. The van der Waals surface area contributed by atoms with Crippen molar-refractivity contribution in [1.82, 2.24) is 10.3 Å². The Hall–Kier alpha value is -2.72. The van der Waals surface area contributed by atoms with Crippen molar-refractivity contribution in [3.8, 4) is 0 Å². The van der Waals surface area contributed by atoms with Crippen LogP contribution in [0.4, 0.5) is 0 Å². The summed E-state index contributed by atoms with van der Waals surface area (Å²) in [7, 11) is 0. The van der Waals surface area contributed by atoms with Gasteiger partial charge in [0, 0.05) is 31.0 Å². The number of rotatable bonds is 5. The highest BCUT2D eigenvalue weighted by Crippen LogP contribution is 2.32. The Labute approximate surface area is 153 Å². The van der Waals surface area contributed by atoms with Gasteiger partial charge in [-0.1, -0.05) is 48.5 Å². The van der Waals surface area contributed by atoms with E-state index in [1.807, 2.05) is 31.2 Å². The van der Waals surface area contributed by atoms with E-state index in [2.05, 4.69) is 40.6 Å². The molecule has 4 heteroatoms. The minimum atomic E-state index is -0.712. The molecule has 0 spiro atoms. The summed E-state index contributed by atoms with van der Waals surface area (Å²) in [6, 6.07) is 18.4. The van der Waals surface area contributed by atoms with Gasteiger partial charge in [-0.25, -0.2) is 0 Å². The van der Waals surface area contributed by atoms with Crippen LogP contribution in [0.3, 0.4) is 0 Å². The van der Waals surface area contributed by atoms with Gasteiger partial charge in [-0.05, 0) is 29.7 Å². The maximum absolute atomic E-state index is 12.8. The Balaban J connectivity index is 1.63. The molecule has 0 fully saturated rings. The van der Waals surface area contributed by atoms with Crippen molar-refractivity contribution >= 4 is 16.9 Å². The number of para-hydroxylation sites is 1. The molecular weight excluding hydrogens is 324 g/mol. The van der Waals surface area contributed by atoms with Gasteiger partial charge in [-0.15, -0.1) is 0 Å². The second kappa shape index (κ2) is 6.89. The summed E-state index contributed by atoms with van der Waals surface area (Å²) in [5, 5.41) is 4.62. The normalized spacial score (nSPS) is 15.0. The predicted molar refractivity (Wildman–Crippen MR) is 102 cm³/mol. The number of carbonyl (C=O) groups is 1. The first-order chi connectivity index (χ1) is 12.7. The lowest BCUT2D eigenvalue weighted by molar-refractivity contribution is -0.151. The van der Waals surface area contributed by atoms with E-state index in [1.54, 1.807) is 6.20 Å². The van der Waals surface area contributed by atoms with Crippen LogP contribution in [-0.4, -0.2) is 23.1 Å². The summed E-state index contributed by atoms with van der Waals surface area (Å²) >= 11 is 0. The van der Waals surface area contributed by atoms with Crippen molar-refractivity contribution in [2.45, 2.75) is 31.8 Å². The topological polar surface area (TPSA) is 51.2 Å². The average Bonchev–Trinajstić information content (AvgIpc) is 3.06. The number of benzene rings is 2. The van der Waals surface area contributed by atoms with Gasteiger partial charge in [0.15, 0.2) is 0 Å². The molecule has 0 radical (unpaired) electrons. The first-order valence-electron chi connectivity index (χ1n) is 9.03. The molecule has 0 saturated carbocycles. The smallest absolute Gasteiger partial charge is 0.327 e. The molecule has 0 atom stereocenters. The number of hydrogen-bond acceptors (Lipinski definition) is 4. The summed E-state index contributed by atoms with van der Waals surface area (Å²) in [5.74, 6) is -0.176. The van der Waals surface area contributed by atoms with Crippen molar-refractivity contribution in [2.75, 3.05) is 6.61 Å². The van der Waals surface area contributed by atoms with Crippen LogP contribution in [0, 0.1) is 0 Å². The summed E-state index contributed by atoms with van der Waals surface area (Å²) in [6.07, 6.45) is 3.11. The van der Waals surface area contributed by atoms with E-state index in [4.69, 9.17) is 4.74 Å². The Kier molecular flexibility index (Phi) is 4.43. The molecule has 1 aliphatic rings. The van der Waals surface area contributed by atoms with Gasteiger partial charge in [-0.2, -0.15) is 0 Å². The summed E-state index contributed by atoms with van der Waals surface area (Å²) < 4.78 is 5.42. The summed E-state index contributed by atoms with van der Waals surface area (Å²) in [4.78, 5) is 17.3. The highest BCUT2D eigenvalue weighted by Gasteiger charge is 2.44. The first-order valence-corrected chi connectivity index (χ1v) is 9.03. The highest BCUT2D eigenvalue weighted by molar-refractivity contribution is 5.84. The molecule has 1 N–H and O–H groups in total. The van der Waals surface area contributed by atoms with Crippen molar-refractivity contribution in [1.29, 1.82) is 0 Å². The quantitative estimate of drug-likeness (QED) is 0.719. The molecule has 1 heterocycles. The number of nitrogens with zero attached hydrogens (tertiary/aromatic N) is 1. The Morgan fingerprint density at radius 3 is 2.54 bits per heavy atom. The third-order valence-corrected chi connectivity index (χ3v) is 5.10. The zero-order valence-electron chi connectivity index (χ0n) is 14.9. The van der Waals surface area contributed by atoms with Crippen LogP contribution in [0.15, 0.2) is 60.8 Å². The second-order valence-corrected chi connectivity index (χ2v) is 6.77.